The van der Waals surface area contributed by atoms with Crippen molar-refractivity contribution in [2.75, 3.05) is 24.3 Å². The molecule has 0 fully saturated rings. The Hall–Kier alpha value is -2.51. The number of rotatable bonds is 4. The van der Waals surface area contributed by atoms with Gasteiger partial charge in [0.1, 0.15) is 22.7 Å². The van der Waals surface area contributed by atoms with Crippen molar-refractivity contribution in [3.05, 3.63) is 52.9 Å². The van der Waals surface area contributed by atoms with Gasteiger partial charge in [0.25, 0.3) is 5.91 Å². The topological polar surface area (TPSA) is 71.0 Å². The quantitative estimate of drug-likeness (QED) is 0.771. The summed E-state index contributed by atoms with van der Waals surface area (Å²) in [5.41, 5.74) is 1.80. The molecule has 0 bridgehead atoms. The molecule has 2 aromatic heterocycles. The minimum Gasteiger partial charge on any atom is -0.361 e. The summed E-state index contributed by atoms with van der Waals surface area (Å²) in [6.45, 7) is 0. The van der Waals surface area contributed by atoms with E-state index in [2.05, 4.69) is 20.3 Å². The molecule has 1 amide bonds. The largest absolute Gasteiger partial charge is 0.361 e. The van der Waals surface area contributed by atoms with Crippen LogP contribution in [0.5, 0.6) is 0 Å². The maximum atomic E-state index is 12.4. The average molecular weight is 360 g/mol. The Bertz CT molecular complexity index is 863. The number of nitrogens with zero attached hydrogens (tertiary/aromatic N) is 4. The number of carbonyl (C=O) groups is 1. The molecule has 3 aromatic rings. The van der Waals surface area contributed by atoms with Crippen LogP contribution in [-0.4, -0.2) is 35.0 Å². The fourth-order valence-electron chi connectivity index (χ4n) is 2.06. The van der Waals surface area contributed by atoms with Gasteiger partial charge in [-0.3, -0.25) is 4.79 Å². The highest BCUT2D eigenvalue weighted by Gasteiger charge is 2.15. The molecule has 122 valence electrons. The Morgan fingerprint density at radius 1 is 1.25 bits per heavy atom. The lowest BCUT2D eigenvalue weighted by molar-refractivity contribution is 0.102. The lowest BCUT2D eigenvalue weighted by atomic mass is 10.2. The van der Waals surface area contributed by atoms with Gasteiger partial charge < -0.3 is 10.2 Å². The van der Waals surface area contributed by atoms with Crippen molar-refractivity contribution in [1.29, 1.82) is 0 Å². The predicted molar refractivity (Wildman–Crippen MR) is 96.9 cm³/mol. The summed E-state index contributed by atoms with van der Waals surface area (Å²) in [5.74, 6) is 0.330. The van der Waals surface area contributed by atoms with Gasteiger partial charge in [0.15, 0.2) is 5.82 Å². The third-order valence-corrected chi connectivity index (χ3v) is 4.33. The Balaban J connectivity index is 1.81. The summed E-state index contributed by atoms with van der Waals surface area (Å²) in [7, 11) is 3.69. The van der Waals surface area contributed by atoms with Crippen LogP contribution in [0.4, 0.5) is 11.5 Å². The number of halogens is 1. The summed E-state index contributed by atoms with van der Waals surface area (Å²) < 4.78 is 0. The van der Waals surface area contributed by atoms with E-state index in [-0.39, 0.29) is 5.91 Å². The van der Waals surface area contributed by atoms with E-state index in [4.69, 9.17) is 11.6 Å². The maximum Gasteiger partial charge on any atom is 0.275 e. The highest BCUT2D eigenvalue weighted by Crippen LogP contribution is 2.26. The van der Waals surface area contributed by atoms with E-state index < -0.39 is 0 Å². The summed E-state index contributed by atoms with van der Waals surface area (Å²) >= 11 is 7.29. The average Bonchev–Trinajstić information content (AvgIpc) is 3.06. The lowest BCUT2D eigenvalue weighted by Gasteiger charge is -2.15. The number of hydrogen-bond donors (Lipinski definition) is 1. The molecule has 0 saturated carbocycles. The minimum absolute atomic E-state index is 0.302. The van der Waals surface area contributed by atoms with Crippen LogP contribution in [0, 0.1) is 0 Å². The van der Waals surface area contributed by atoms with Gasteiger partial charge in [-0.05, 0) is 12.1 Å². The first-order valence-corrected chi connectivity index (χ1v) is 8.30. The van der Waals surface area contributed by atoms with Gasteiger partial charge >= 0.3 is 0 Å². The molecule has 1 aromatic carbocycles. The van der Waals surface area contributed by atoms with Crippen LogP contribution in [0.2, 0.25) is 5.02 Å². The van der Waals surface area contributed by atoms with Crippen molar-refractivity contribution in [2.45, 2.75) is 0 Å². The number of hydrogen-bond acceptors (Lipinski definition) is 6. The highest BCUT2D eigenvalue weighted by molar-refractivity contribution is 7.13. The molecule has 0 saturated heterocycles. The molecular weight excluding hydrogens is 346 g/mol. The first-order chi connectivity index (χ1) is 11.5. The number of benzene rings is 1. The summed E-state index contributed by atoms with van der Waals surface area (Å²) in [4.78, 5) is 26.7. The summed E-state index contributed by atoms with van der Waals surface area (Å²) in [5, 5.41) is 5.94. The summed E-state index contributed by atoms with van der Waals surface area (Å²) in [6.07, 6.45) is 3.00. The molecule has 8 heteroatoms. The van der Waals surface area contributed by atoms with Gasteiger partial charge in [0.2, 0.25) is 0 Å². The van der Waals surface area contributed by atoms with Gasteiger partial charge in [-0.2, -0.15) is 0 Å². The molecule has 0 aliphatic carbocycles. The second kappa shape index (κ2) is 6.94. The SMILES string of the molecule is CN(C)c1ncncc1NC(=O)c1csc(-c2ccc(Cl)cc2)n1. The number of carbonyl (C=O) groups excluding carboxylic acids is 1. The Kier molecular flexibility index (Phi) is 4.73. The fourth-order valence-corrected chi connectivity index (χ4v) is 2.99. The smallest absolute Gasteiger partial charge is 0.275 e. The van der Waals surface area contributed by atoms with E-state index >= 15 is 0 Å². The molecule has 24 heavy (non-hydrogen) atoms. The molecule has 6 nitrogen and oxygen atoms in total. The lowest BCUT2D eigenvalue weighted by Crippen LogP contribution is -2.18. The van der Waals surface area contributed by atoms with Crippen molar-refractivity contribution in [3.8, 4) is 10.6 Å². The van der Waals surface area contributed by atoms with E-state index in [9.17, 15) is 4.79 Å². The third-order valence-electron chi connectivity index (χ3n) is 3.19. The van der Waals surface area contributed by atoms with Crippen molar-refractivity contribution >= 4 is 40.4 Å². The van der Waals surface area contributed by atoms with Crippen LogP contribution in [0.3, 0.4) is 0 Å². The first kappa shape index (κ1) is 16.4. The van der Waals surface area contributed by atoms with Crippen LogP contribution < -0.4 is 10.2 Å². The van der Waals surface area contributed by atoms with E-state index in [0.29, 0.717) is 22.2 Å². The minimum atomic E-state index is -0.302. The molecule has 1 N–H and O–H groups in total. The summed E-state index contributed by atoms with van der Waals surface area (Å²) in [6, 6.07) is 7.33. The van der Waals surface area contributed by atoms with Crippen LogP contribution >= 0.6 is 22.9 Å². The maximum absolute atomic E-state index is 12.4. The number of nitrogens with one attached hydrogen (secondary N) is 1. The zero-order valence-corrected chi connectivity index (χ0v) is 14.6. The van der Waals surface area contributed by atoms with Crippen LogP contribution in [0.15, 0.2) is 42.2 Å². The molecular formula is C16H14ClN5OS. The Morgan fingerprint density at radius 3 is 2.71 bits per heavy atom. The number of aromatic nitrogens is 3. The zero-order chi connectivity index (χ0) is 17.1. The van der Waals surface area contributed by atoms with Gasteiger partial charge in [-0.25, -0.2) is 15.0 Å². The number of thiazole rings is 1. The Morgan fingerprint density at radius 2 is 2.00 bits per heavy atom. The van der Waals surface area contributed by atoms with Gasteiger partial charge in [0, 0.05) is 30.1 Å². The van der Waals surface area contributed by atoms with Crippen molar-refractivity contribution < 1.29 is 4.79 Å². The molecule has 0 spiro atoms. The van der Waals surface area contributed by atoms with E-state index in [1.165, 1.54) is 17.7 Å². The van der Waals surface area contributed by atoms with Crippen molar-refractivity contribution in [3.63, 3.8) is 0 Å². The molecule has 0 aliphatic rings. The number of amides is 1. The van der Waals surface area contributed by atoms with Crippen molar-refractivity contribution in [1.82, 2.24) is 15.0 Å². The van der Waals surface area contributed by atoms with Crippen molar-refractivity contribution in [2.24, 2.45) is 0 Å². The molecule has 0 radical (unpaired) electrons. The highest BCUT2D eigenvalue weighted by atomic mass is 35.5. The molecule has 2 heterocycles. The van der Waals surface area contributed by atoms with Gasteiger partial charge in [-0.15, -0.1) is 11.3 Å². The molecule has 0 atom stereocenters. The normalized spacial score (nSPS) is 10.5. The molecule has 3 rings (SSSR count). The number of anilines is 2. The van der Waals surface area contributed by atoms with E-state index in [0.717, 1.165) is 10.6 Å². The zero-order valence-electron chi connectivity index (χ0n) is 13.0. The fraction of sp³-hybridized carbons (Fsp3) is 0.125. The molecule has 0 aliphatic heterocycles. The van der Waals surface area contributed by atoms with Crippen LogP contribution in [0.25, 0.3) is 10.6 Å². The molecule has 0 unspecified atom stereocenters. The predicted octanol–water partition coefficient (Wildman–Crippen LogP) is 3.57. The van der Waals surface area contributed by atoms with Gasteiger partial charge in [-0.1, -0.05) is 23.7 Å². The first-order valence-electron chi connectivity index (χ1n) is 7.05. The second-order valence-electron chi connectivity index (χ2n) is 5.15. The van der Waals surface area contributed by atoms with Gasteiger partial charge in [0.05, 0.1) is 6.20 Å². The Labute approximate surface area is 148 Å². The third kappa shape index (κ3) is 3.52. The van der Waals surface area contributed by atoms with E-state index in [1.54, 1.807) is 28.6 Å². The van der Waals surface area contributed by atoms with E-state index in [1.807, 2.05) is 26.2 Å². The standard InChI is InChI=1S/C16H14ClN5OS/c1-22(2)14-12(7-18-9-19-14)20-15(23)13-8-24-16(21-13)10-3-5-11(17)6-4-10/h3-9H,1-2H3,(H,20,23). The van der Waals surface area contributed by atoms with Crippen LogP contribution in [-0.2, 0) is 0 Å². The van der Waals surface area contributed by atoms with Crippen LogP contribution in [0.1, 0.15) is 10.5 Å². The second-order valence-corrected chi connectivity index (χ2v) is 6.45. The monoisotopic (exact) mass is 359 g/mol.